The highest BCUT2D eigenvalue weighted by molar-refractivity contribution is 5.89. The largest absolute Gasteiger partial charge is 0.383 e. The molecule has 1 fully saturated rings. The number of likely N-dealkylation sites (tertiary alicyclic amines) is 1. The van der Waals surface area contributed by atoms with Crippen LogP contribution in [0.2, 0.25) is 0 Å². The van der Waals surface area contributed by atoms with Gasteiger partial charge in [-0.2, -0.15) is 5.10 Å². The summed E-state index contributed by atoms with van der Waals surface area (Å²) in [5, 5.41) is 10.1. The number of benzene rings is 2. The predicted octanol–water partition coefficient (Wildman–Crippen LogP) is 3.74. The molecule has 0 aliphatic carbocycles. The van der Waals surface area contributed by atoms with Crippen molar-refractivity contribution in [1.82, 2.24) is 20.0 Å². The number of ether oxygens (including phenoxy) is 1. The zero-order valence-corrected chi connectivity index (χ0v) is 18.9. The quantitative estimate of drug-likeness (QED) is 0.549. The first-order chi connectivity index (χ1) is 16.3. The minimum absolute atomic E-state index is 0.230. The molecular weight excluding hydrogens is 447 g/mol. The minimum Gasteiger partial charge on any atom is -0.383 e. The monoisotopic (exact) mass is 473 g/mol. The van der Waals surface area contributed by atoms with Gasteiger partial charge in [0.2, 0.25) is 0 Å². The van der Waals surface area contributed by atoms with Crippen LogP contribution >= 0.6 is 0 Å². The van der Waals surface area contributed by atoms with Crippen LogP contribution in [0.5, 0.6) is 0 Å². The first-order valence-electron chi connectivity index (χ1n) is 10.9. The van der Waals surface area contributed by atoms with Crippen molar-refractivity contribution >= 4 is 11.8 Å². The molecule has 2 atom stereocenters. The Hall–Kier alpha value is -3.37. The predicted molar refractivity (Wildman–Crippen MR) is 122 cm³/mol. The maximum atomic E-state index is 13.9. The highest BCUT2D eigenvalue weighted by atomic mass is 19.2. The SMILES string of the molecule is COCCN1CC(NC(=O)Nc2cc(-c3cccc(F)c3)nn2C)C(c2ccc(F)c(F)c2)C1. The second-order valence-electron chi connectivity index (χ2n) is 8.29. The van der Waals surface area contributed by atoms with Crippen molar-refractivity contribution in [3.05, 3.63) is 71.5 Å². The van der Waals surface area contributed by atoms with Crippen molar-refractivity contribution in [2.75, 3.05) is 38.7 Å². The van der Waals surface area contributed by atoms with Gasteiger partial charge >= 0.3 is 6.03 Å². The number of nitrogens with zero attached hydrogens (tertiary/aromatic N) is 3. The topological polar surface area (TPSA) is 71.4 Å². The van der Waals surface area contributed by atoms with E-state index in [-0.39, 0.29) is 17.8 Å². The van der Waals surface area contributed by atoms with Gasteiger partial charge < -0.3 is 10.1 Å². The Morgan fingerprint density at radius 2 is 1.94 bits per heavy atom. The Kier molecular flexibility index (Phi) is 7.18. The lowest BCUT2D eigenvalue weighted by atomic mass is 9.94. The number of rotatable bonds is 7. The van der Waals surface area contributed by atoms with Gasteiger partial charge in [0.25, 0.3) is 0 Å². The molecule has 0 saturated carbocycles. The van der Waals surface area contributed by atoms with Crippen LogP contribution in [-0.2, 0) is 11.8 Å². The number of anilines is 1. The molecule has 2 aromatic carbocycles. The van der Waals surface area contributed by atoms with Crippen LogP contribution in [0.1, 0.15) is 11.5 Å². The van der Waals surface area contributed by atoms with Crippen LogP contribution in [-0.4, -0.2) is 60.1 Å². The third-order valence-corrected chi connectivity index (χ3v) is 5.94. The lowest BCUT2D eigenvalue weighted by Gasteiger charge is -2.20. The Balaban J connectivity index is 1.48. The molecule has 2 amide bonds. The molecule has 1 saturated heterocycles. The van der Waals surface area contributed by atoms with Crippen molar-refractivity contribution in [1.29, 1.82) is 0 Å². The van der Waals surface area contributed by atoms with Crippen molar-refractivity contribution < 1.29 is 22.7 Å². The molecule has 7 nitrogen and oxygen atoms in total. The Bertz CT molecular complexity index is 1170. The van der Waals surface area contributed by atoms with Crippen molar-refractivity contribution in [2.45, 2.75) is 12.0 Å². The molecule has 0 radical (unpaired) electrons. The second-order valence-corrected chi connectivity index (χ2v) is 8.29. The van der Waals surface area contributed by atoms with E-state index in [0.717, 1.165) is 6.07 Å². The number of amides is 2. The molecule has 2 N–H and O–H groups in total. The summed E-state index contributed by atoms with van der Waals surface area (Å²) >= 11 is 0. The zero-order chi connectivity index (χ0) is 24.2. The van der Waals surface area contributed by atoms with E-state index in [1.165, 1.54) is 22.9 Å². The number of carbonyl (C=O) groups is 1. The molecular formula is C24H26F3N5O2. The highest BCUT2D eigenvalue weighted by Crippen LogP contribution is 2.29. The fraction of sp³-hybridized carbons (Fsp3) is 0.333. The lowest BCUT2D eigenvalue weighted by Crippen LogP contribution is -2.42. The summed E-state index contributed by atoms with van der Waals surface area (Å²) in [7, 11) is 3.28. The van der Waals surface area contributed by atoms with Crippen LogP contribution in [0.3, 0.4) is 0 Å². The van der Waals surface area contributed by atoms with Crippen LogP contribution in [0, 0.1) is 17.5 Å². The van der Waals surface area contributed by atoms with Gasteiger partial charge in [-0.15, -0.1) is 0 Å². The maximum absolute atomic E-state index is 13.9. The first kappa shape index (κ1) is 23.8. The third kappa shape index (κ3) is 5.40. The summed E-state index contributed by atoms with van der Waals surface area (Å²) in [6.07, 6.45) is 0. The van der Waals surface area contributed by atoms with E-state index in [0.29, 0.717) is 48.9 Å². The number of nitrogens with one attached hydrogen (secondary N) is 2. The van der Waals surface area contributed by atoms with Crippen LogP contribution < -0.4 is 10.6 Å². The standard InChI is InChI=1S/C24H26F3N5O2/c1-31-23(12-21(30-31)16-4-3-5-17(25)10-16)29-24(33)28-22-14-32(8-9-34-2)13-18(22)15-6-7-19(26)20(27)11-15/h3-7,10-12,18,22H,8-9,13-14H2,1-2H3,(H2,28,29,33). The zero-order valence-electron chi connectivity index (χ0n) is 18.9. The summed E-state index contributed by atoms with van der Waals surface area (Å²) in [6.45, 7) is 2.26. The molecule has 2 heterocycles. The van der Waals surface area contributed by atoms with E-state index in [4.69, 9.17) is 4.74 Å². The van der Waals surface area contributed by atoms with E-state index in [9.17, 15) is 18.0 Å². The molecule has 4 rings (SSSR count). The normalized spacial score (nSPS) is 18.3. The second kappa shape index (κ2) is 10.3. The average molecular weight is 473 g/mol. The van der Waals surface area contributed by atoms with Crippen LogP contribution in [0.15, 0.2) is 48.5 Å². The Morgan fingerprint density at radius 3 is 2.68 bits per heavy atom. The smallest absolute Gasteiger partial charge is 0.320 e. The van der Waals surface area contributed by atoms with E-state index in [1.54, 1.807) is 38.4 Å². The Morgan fingerprint density at radius 1 is 1.12 bits per heavy atom. The average Bonchev–Trinajstić information content (AvgIpc) is 3.37. The number of halogens is 3. The number of aryl methyl sites for hydroxylation is 1. The molecule has 1 aromatic heterocycles. The molecule has 2 unspecified atom stereocenters. The number of hydrogen-bond acceptors (Lipinski definition) is 4. The number of hydrogen-bond donors (Lipinski definition) is 2. The summed E-state index contributed by atoms with van der Waals surface area (Å²) in [6, 6.07) is 10.7. The molecule has 34 heavy (non-hydrogen) atoms. The molecule has 180 valence electrons. The summed E-state index contributed by atoms with van der Waals surface area (Å²) < 4.78 is 47.5. The minimum atomic E-state index is -0.921. The number of carbonyl (C=O) groups excluding carboxylic acids is 1. The molecule has 3 aromatic rings. The lowest BCUT2D eigenvalue weighted by molar-refractivity contribution is 0.159. The van der Waals surface area contributed by atoms with Crippen molar-refractivity contribution in [3.63, 3.8) is 0 Å². The van der Waals surface area contributed by atoms with E-state index in [2.05, 4.69) is 20.6 Å². The Labute approximate surface area is 195 Å². The van der Waals surface area contributed by atoms with Gasteiger partial charge in [-0.3, -0.25) is 14.9 Å². The fourth-order valence-electron chi connectivity index (χ4n) is 4.21. The third-order valence-electron chi connectivity index (χ3n) is 5.94. The number of urea groups is 1. The summed E-state index contributed by atoms with van der Waals surface area (Å²) in [5.41, 5.74) is 1.72. The van der Waals surface area contributed by atoms with Crippen LogP contribution in [0.4, 0.5) is 23.8 Å². The number of methoxy groups -OCH3 is 1. The van der Waals surface area contributed by atoms with Gasteiger partial charge in [-0.1, -0.05) is 18.2 Å². The highest BCUT2D eigenvalue weighted by Gasteiger charge is 2.35. The van der Waals surface area contributed by atoms with Gasteiger partial charge in [-0.25, -0.2) is 18.0 Å². The van der Waals surface area contributed by atoms with Crippen LogP contribution in [0.25, 0.3) is 11.3 Å². The van der Waals surface area contributed by atoms with E-state index >= 15 is 0 Å². The first-order valence-corrected chi connectivity index (χ1v) is 10.9. The molecule has 1 aliphatic heterocycles. The maximum Gasteiger partial charge on any atom is 0.320 e. The molecule has 0 bridgehead atoms. The molecule has 10 heteroatoms. The van der Waals surface area contributed by atoms with Crippen molar-refractivity contribution in [2.24, 2.45) is 7.05 Å². The summed E-state index contributed by atoms with van der Waals surface area (Å²) in [4.78, 5) is 14.9. The van der Waals surface area contributed by atoms with Gasteiger partial charge in [-0.05, 0) is 29.8 Å². The summed E-state index contributed by atoms with van der Waals surface area (Å²) in [5.74, 6) is -2.01. The van der Waals surface area contributed by atoms with Gasteiger partial charge in [0.1, 0.15) is 11.6 Å². The number of aromatic nitrogens is 2. The van der Waals surface area contributed by atoms with E-state index < -0.39 is 17.7 Å². The van der Waals surface area contributed by atoms with Gasteiger partial charge in [0.05, 0.1) is 18.3 Å². The molecule has 0 spiro atoms. The van der Waals surface area contributed by atoms with Gasteiger partial charge in [0.15, 0.2) is 11.6 Å². The fourth-order valence-corrected chi connectivity index (χ4v) is 4.21. The van der Waals surface area contributed by atoms with E-state index in [1.807, 2.05) is 0 Å². The molecule has 1 aliphatic rings. The van der Waals surface area contributed by atoms with Crippen molar-refractivity contribution in [3.8, 4) is 11.3 Å². The van der Waals surface area contributed by atoms with Gasteiger partial charge in [0, 0.05) is 51.3 Å².